The molecule has 0 aromatic heterocycles. The monoisotopic (exact) mass is 403 g/mol. The summed E-state index contributed by atoms with van der Waals surface area (Å²) >= 11 is 0. The third-order valence-corrected chi connectivity index (χ3v) is 7.04. The maximum atomic E-state index is 11.3. The predicted molar refractivity (Wildman–Crippen MR) is 110 cm³/mol. The van der Waals surface area contributed by atoms with Crippen LogP contribution in [0.3, 0.4) is 0 Å². The van der Waals surface area contributed by atoms with Gasteiger partial charge in [-0.25, -0.2) is 4.79 Å². The molecule has 6 heteroatoms. The maximum absolute atomic E-state index is 11.3. The van der Waals surface area contributed by atoms with E-state index >= 15 is 0 Å². The summed E-state index contributed by atoms with van der Waals surface area (Å²) in [4.78, 5) is 13.4. The molecule has 3 aliphatic rings. The average molecular weight is 404 g/mol. The van der Waals surface area contributed by atoms with Crippen LogP contribution < -0.4 is 9.64 Å². The minimum atomic E-state index is -1.37. The lowest BCUT2D eigenvalue weighted by Gasteiger charge is -2.52. The fourth-order valence-corrected chi connectivity index (χ4v) is 5.72. The predicted octanol–water partition coefficient (Wildman–Crippen LogP) is 5.50. The van der Waals surface area contributed by atoms with Gasteiger partial charge in [-0.15, -0.1) is 0 Å². The summed E-state index contributed by atoms with van der Waals surface area (Å²) in [5.41, 5.74) is 1.55. The molecule has 1 unspecified atom stereocenters. The van der Waals surface area contributed by atoms with E-state index in [4.69, 9.17) is 14.2 Å². The van der Waals surface area contributed by atoms with Gasteiger partial charge >= 0.3 is 12.6 Å². The van der Waals surface area contributed by atoms with Gasteiger partial charge in [-0.05, 0) is 43.6 Å². The second-order valence-corrected chi connectivity index (χ2v) is 8.95. The quantitative estimate of drug-likeness (QED) is 0.670. The van der Waals surface area contributed by atoms with E-state index < -0.39 is 18.2 Å². The summed E-state index contributed by atoms with van der Waals surface area (Å²) in [5, 5.41) is 9.26. The highest BCUT2D eigenvalue weighted by Crippen LogP contribution is 2.56. The maximum Gasteiger partial charge on any atom is 0.510 e. The molecule has 0 bridgehead atoms. The largest absolute Gasteiger partial charge is 0.510 e. The van der Waals surface area contributed by atoms with E-state index in [0.717, 1.165) is 36.9 Å². The van der Waals surface area contributed by atoms with Crippen molar-refractivity contribution in [2.24, 2.45) is 11.8 Å². The second-order valence-electron chi connectivity index (χ2n) is 8.95. The fourth-order valence-electron chi connectivity index (χ4n) is 5.72. The molecule has 0 amide bonds. The molecule has 6 nitrogen and oxygen atoms in total. The standard InChI is InChI=1S/C23H33NO5/c1-24(2)18-13-14-19-20(15-18)27-22(28-21(25)26)29-23(19,16-9-5-3-6-10-16)17-11-7-4-8-12-17/h13-17,22H,3-12H2,1-2H3,(H,25,26). The lowest BCUT2D eigenvalue weighted by atomic mass is 9.63. The molecule has 2 saturated carbocycles. The average Bonchev–Trinajstić information content (AvgIpc) is 2.73. The Balaban J connectivity index is 1.83. The summed E-state index contributed by atoms with van der Waals surface area (Å²) in [7, 11) is 3.98. The summed E-state index contributed by atoms with van der Waals surface area (Å²) < 4.78 is 17.5. The van der Waals surface area contributed by atoms with E-state index in [0.29, 0.717) is 17.6 Å². The van der Waals surface area contributed by atoms with Gasteiger partial charge in [0.05, 0.1) is 0 Å². The molecule has 1 aromatic rings. The number of benzene rings is 1. The molecule has 0 radical (unpaired) electrons. The number of rotatable bonds is 4. The first-order chi connectivity index (χ1) is 14.0. The minimum absolute atomic E-state index is 0.354. The zero-order valence-electron chi connectivity index (χ0n) is 17.6. The first-order valence-electron chi connectivity index (χ1n) is 11.1. The van der Waals surface area contributed by atoms with Gasteiger partial charge in [0.1, 0.15) is 11.4 Å². The van der Waals surface area contributed by atoms with Crippen molar-refractivity contribution in [3.63, 3.8) is 0 Å². The van der Waals surface area contributed by atoms with Crippen molar-refractivity contribution in [2.75, 3.05) is 19.0 Å². The number of fused-ring (bicyclic) bond motifs is 1. The SMILES string of the molecule is CN(C)c1ccc2c(c1)OC(OC(=O)O)OC2(C1CCCCC1)C1CCCCC1. The van der Waals surface area contributed by atoms with Gasteiger partial charge < -0.3 is 19.5 Å². The molecule has 2 fully saturated rings. The Morgan fingerprint density at radius 3 is 2.14 bits per heavy atom. The van der Waals surface area contributed by atoms with E-state index in [2.05, 4.69) is 12.1 Å². The van der Waals surface area contributed by atoms with Crippen molar-refractivity contribution in [1.82, 2.24) is 0 Å². The molecule has 1 aromatic carbocycles. The lowest BCUT2D eigenvalue weighted by molar-refractivity contribution is -0.324. The third kappa shape index (κ3) is 3.91. The van der Waals surface area contributed by atoms with Crippen molar-refractivity contribution < 1.29 is 24.1 Å². The minimum Gasteiger partial charge on any atom is -0.450 e. The van der Waals surface area contributed by atoms with Gasteiger partial charge in [0.25, 0.3) is 0 Å². The fraction of sp³-hybridized carbons (Fsp3) is 0.696. The van der Waals surface area contributed by atoms with Crippen LogP contribution in [-0.2, 0) is 15.1 Å². The molecule has 160 valence electrons. The zero-order valence-corrected chi connectivity index (χ0v) is 17.6. The second kappa shape index (κ2) is 8.42. The number of anilines is 1. The van der Waals surface area contributed by atoms with Crippen molar-refractivity contribution in [1.29, 1.82) is 0 Å². The number of hydrogen-bond acceptors (Lipinski definition) is 5. The summed E-state index contributed by atoms with van der Waals surface area (Å²) in [6.45, 7) is -1.22. The molecule has 1 aliphatic heterocycles. The molecule has 1 atom stereocenters. The van der Waals surface area contributed by atoms with Crippen LogP contribution in [0, 0.1) is 11.8 Å². The molecular formula is C23H33NO5. The Morgan fingerprint density at radius 1 is 1.03 bits per heavy atom. The number of hydrogen-bond donors (Lipinski definition) is 1. The van der Waals surface area contributed by atoms with Crippen LogP contribution in [-0.4, -0.2) is 31.8 Å². The van der Waals surface area contributed by atoms with Crippen LogP contribution in [0.4, 0.5) is 10.5 Å². The summed E-state index contributed by atoms with van der Waals surface area (Å²) in [6.07, 6.45) is 10.3. The van der Waals surface area contributed by atoms with E-state index in [1.165, 1.54) is 38.5 Å². The Bertz CT molecular complexity index is 704. The molecule has 29 heavy (non-hydrogen) atoms. The molecule has 2 aliphatic carbocycles. The van der Waals surface area contributed by atoms with Crippen molar-refractivity contribution in [3.05, 3.63) is 23.8 Å². The van der Waals surface area contributed by atoms with E-state index in [9.17, 15) is 9.90 Å². The normalized spacial score (nSPS) is 25.0. The van der Waals surface area contributed by atoms with Gasteiger partial charge in [0, 0.05) is 31.4 Å². The Labute approximate surface area is 173 Å². The van der Waals surface area contributed by atoms with Gasteiger partial charge in [-0.1, -0.05) is 44.6 Å². The number of carbonyl (C=O) groups is 1. The van der Waals surface area contributed by atoms with Gasteiger partial charge in [0.15, 0.2) is 0 Å². The van der Waals surface area contributed by atoms with E-state index in [1.54, 1.807) is 0 Å². The molecule has 1 N–H and O–H groups in total. The van der Waals surface area contributed by atoms with Gasteiger partial charge in [-0.3, -0.25) is 4.74 Å². The number of nitrogens with zero attached hydrogens (tertiary/aromatic N) is 1. The molecule has 4 rings (SSSR count). The molecule has 0 spiro atoms. The molecule has 0 saturated heterocycles. The van der Waals surface area contributed by atoms with Crippen molar-refractivity contribution in [3.8, 4) is 5.75 Å². The van der Waals surface area contributed by atoms with Gasteiger partial charge in [-0.2, -0.15) is 0 Å². The number of carboxylic acid groups (broad SMARTS) is 1. The Kier molecular flexibility index (Phi) is 5.91. The Morgan fingerprint density at radius 2 is 1.62 bits per heavy atom. The molecular weight excluding hydrogens is 370 g/mol. The van der Waals surface area contributed by atoms with E-state index in [1.807, 2.05) is 25.1 Å². The van der Waals surface area contributed by atoms with Crippen LogP contribution in [0.25, 0.3) is 0 Å². The highest BCUT2D eigenvalue weighted by molar-refractivity contribution is 5.58. The van der Waals surface area contributed by atoms with E-state index in [-0.39, 0.29) is 0 Å². The highest BCUT2D eigenvalue weighted by atomic mass is 16.9. The van der Waals surface area contributed by atoms with Gasteiger partial charge in [0.2, 0.25) is 0 Å². The van der Waals surface area contributed by atoms with Crippen LogP contribution in [0.1, 0.15) is 69.8 Å². The van der Waals surface area contributed by atoms with Crippen LogP contribution in [0.2, 0.25) is 0 Å². The smallest absolute Gasteiger partial charge is 0.450 e. The topological polar surface area (TPSA) is 68.2 Å². The molecule has 1 heterocycles. The highest BCUT2D eigenvalue weighted by Gasteiger charge is 2.54. The lowest BCUT2D eigenvalue weighted by Crippen LogP contribution is -2.53. The van der Waals surface area contributed by atoms with Crippen LogP contribution in [0.15, 0.2) is 18.2 Å². The Hall–Kier alpha value is -1.95. The first kappa shape index (κ1) is 20.3. The summed E-state index contributed by atoms with van der Waals surface area (Å²) in [5.74, 6) is 1.41. The third-order valence-electron chi connectivity index (χ3n) is 7.04. The summed E-state index contributed by atoms with van der Waals surface area (Å²) in [6, 6.07) is 6.26. The van der Waals surface area contributed by atoms with Crippen LogP contribution in [0.5, 0.6) is 5.75 Å². The van der Waals surface area contributed by atoms with Crippen molar-refractivity contribution in [2.45, 2.75) is 76.3 Å². The van der Waals surface area contributed by atoms with Crippen molar-refractivity contribution >= 4 is 11.8 Å². The van der Waals surface area contributed by atoms with Crippen LogP contribution >= 0.6 is 0 Å². The first-order valence-corrected chi connectivity index (χ1v) is 11.1. The number of ether oxygens (including phenoxy) is 3. The zero-order chi connectivity index (χ0) is 20.4.